The van der Waals surface area contributed by atoms with Crippen LogP contribution in [0.5, 0.6) is 0 Å². The molecule has 1 saturated carbocycles. The van der Waals surface area contributed by atoms with Crippen LogP contribution < -0.4 is 11.1 Å². The van der Waals surface area contributed by atoms with Crippen LogP contribution in [-0.4, -0.2) is 68.2 Å². The van der Waals surface area contributed by atoms with E-state index in [1.807, 2.05) is 0 Å². The van der Waals surface area contributed by atoms with E-state index < -0.39 is 5.83 Å². The molecule has 7 nitrogen and oxygen atoms in total. The molecule has 1 aromatic rings. The van der Waals surface area contributed by atoms with Crippen LogP contribution in [0.1, 0.15) is 22.9 Å². The predicted octanol–water partition coefficient (Wildman–Crippen LogP) is 3.72. The van der Waals surface area contributed by atoms with E-state index in [2.05, 4.69) is 57.3 Å². The molecule has 1 aromatic heterocycles. The Morgan fingerprint density at radius 2 is 2.08 bits per heavy atom. The number of thiophene rings is 1. The number of piperidine rings is 1. The maximum atomic E-state index is 14.9. The number of fused-ring (bicyclic) bond motifs is 3. The number of rotatable bonds is 4. The van der Waals surface area contributed by atoms with Crippen molar-refractivity contribution in [2.24, 2.45) is 16.8 Å². The molecule has 1 saturated heterocycles. The molecule has 2 aliphatic carbocycles. The van der Waals surface area contributed by atoms with Crippen LogP contribution in [0.4, 0.5) is 9.39 Å². The second-order valence-electron chi connectivity index (χ2n) is 10.3. The third-order valence-electron chi connectivity index (χ3n) is 8.16. The fourth-order valence-corrected chi connectivity index (χ4v) is 8.01. The molecular weight excluding hydrogens is 506 g/mol. The van der Waals surface area contributed by atoms with Crippen molar-refractivity contribution >= 4 is 42.9 Å². The number of nitriles is 1. The summed E-state index contributed by atoms with van der Waals surface area (Å²) < 4.78 is 20.8. The van der Waals surface area contributed by atoms with E-state index in [4.69, 9.17) is 15.5 Å². The van der Waals surface area contributed by atoms with Crippen molar-refractivity contribution in [2.75, 3.05) is 46.1 Å². The van der Waals surface area contributed by atoms with E-state index in [0.29, 0.717) is 47.1 Å². The van der Waals surface area contributed by atoms with E-state index >= 15 is 0 Å². The molecule has 4 unspecified atom stereocenters. The van der Waals surface area contributed by atoms with Crippen LogP contribution in [-0.2, 0) is 4.74 Å². The number of halogens is 1. The Morgan fingerprint density at radius 3 is 2.73 bits per heavy atom. The summed E-state index contributed by atoms with van der Waals surface area (Å²) in [6.45, 7) is 8.89. The highest BCUT2D eigenvalue weighted by Gasteiger charge is 2.57. The molecule has 6 rings (SSSR count). The van der Waals surface area contributed by atoms with Gasteiger partial charge in [0.2, 0.25) is 0 Å². The smallest absolute Gasteiger partial charge is 0.198 e. The lowest BCUT2D eigenvalue weighted by molar-refractivity contribution is 0.206. The van der Waals surface area contributed by atoms with Crippen molar-refractivity contribution < 1.29 is 9.13 Å². The molecule has 37 heavy (non-hydrogen) atoms. The number of aliphatic imine (C=N–C) groups is 1. The maximum absolute atomic E-state index is 14.9. The Kier molecular flexibility index (Phi) is 5.92. The fourth-order valence-electron chi connectivity index (χ4n) is 6.40. The van der Waals surface area contributed by atoms with Crippen LogP contribution in [0.15, 0.2) is 51.5 Å². The molecule has 2 fully saturated rings. The van der Waals surface area contributed by atoms with Crippen molar-refractivity contribution in [1.82, 2.24) is 15.1 Å². The molecule has 10 heteroatoms. The average molecular weight is 537 g/mol. The van der Waals surface area contributed by atoms with Gasteiger partial charge in [0, 0.05) is 36.5 Å². The summed E-state index contributed by atoms with van der Waals surface area (Å²) in [7, 11) is 7.17. The Morgan fingerprint density at radius 1 is 1.38 bits per heavy atom. The number of guanidine groups is 1. The highest BCUT2D eigenvalue weighted by Crippen LogP contribution is 2.51. The second kappa shape index (κ2) is 8.92. The van der Waals surface area contributed by atoms with Crippen molar-refractivity contribution in [3.8, 4) is 6.07 Å². The van der Waals surface area contributed by atoms with Crippen LogP contribution in [0, 0.1) is 23.2 Å². The van der Waals surface area contributed by atoms with E-state index in [-0.39, 0.29) is 16.6 Å². The van der Waals surface area contributed by atoms with Gasteiger partial charge in [-0.1, -0.05) is 12.7 Å². The number of ether oxygens (including phenoxy) is 1. The highest BCUT2D eigenvalue weighted by atomic mass is 32.1. The highest BCUT2D eigenvalue weighted by molar-refractivity contribution is 7.23. The number of hydrogen-bond donors (Lipinski definition) is 2. The Balaban J connectivity index is 1.40. The zero-order chi connectivity index (χ0) is 26.2. The summed E-state index contributed by atoms with van der Waals surface area (Å²) in [6.07, 6.45) is 3.44. The molecule has 0 amide bonds. The number of nitrogens with one attached hydrogen (secondary N) is 1. The van der Waals surface area contributed by atoms with Crippen LogP contribution in [0.2, 0.25) is 0 Å². The summed E-state index contributed by atoms with van der Waals surface area (Å²) in [5.41, 5.74) is 11.5. The van der Waals surface area contributed by atoms with Gasteiger partial charge in [0.15, 0.2) is 5.96 Å². The van der Waals surface area contributed by atoms with E-state index in [9.17, 15) is 9.65 Å². The van der Waals surface area contributed by atoms with Crippen molar-refractivity contribution in [2.45, 2.75) is 19.0 Å². The average Bonchev–Trinajstić information content (AvgIpc) is 3.26. The number of nitrogens with two attached hydrogens (primary N) is 1. The van der Waals surface area contributed by atoms with Gasteiger partial charge < -0.3 is 25.6 Å². The normalized spacial score (nSPS) is 28.5. The standard InChI is InChI=1S/C27H30FN6OPS/c1-5-19(28)25-21(13(6-29)26(30)37-25)12(2)20-18-11-35-10-17(18)14-7-31-27(32-22(14)24(20)36)34-8-15-16(9-34)23(15)33(3)4/h5,7,15-16,22-23H,2,8-11,30,36H2,1,3-4H3,(H,31,32)/b19-5+. The SMILES string of the molecule is C=C(C1=C(P)C2N=C(N3CC4C(C3)C4N(C)C)NC=C2C2=C1COC2)c1c(/C(F)=C\C)sc(N)c1C#N. The van der Waals surface area contributed by atoms with Gasteiger partial charge in [0.25, 0.3) is 0 Å². The first kappa shape index (κ1) is 24.6. The maximum Gasteiger partial charge on any atom is 0.198 e. The number of nitrogens with zero attached hydrogens (tertiary/aromatic N) is 4. The summed E-state index contributed by atoms with van der Waals surface area (Å²) in [5, 5.41) is 14.6. The Labute approximate surface area is 222 Å². The van der Waals surface area contributed by atoms with Gasteiger partial charge in [-0.3, -0.25) is 0 Å². The molecule has 0 aromatic carbocycles. The quantitative estimate of drug-likeness (QED) is 0.571. The minimum absolute atomic E-state index is 0.230. The molecule has 192 valence electrons. The third-order valence-corrected chi connectivity index (χ3v) is 9.79. The first-order valence-electron chi connectivity index (χ1n) is 12.4. The molecule has 0 radical (unpaired) electrons. The molecule has 0 bridgehead atoms. The predicted molar refractivity (Wildman–Crippen MR) is 150 cm³/mol. The molecule has 4 atom stereocenters. The molecular formula is C27H30FN6OPS. The first-order valence-corrected chi connectivity index (χ1v) is 13.8. The largest absolute Gasteiger partial charge is 0.389 e. The van der Waals surface area contributed by atoms with Gasteiger partial charge in [-0.2, -0.15) is 5.26 Å². The summed E-state index contributed by atoms with van der Waals surface area (Å²) in [4.78, 5) is 10.2. The van der Waals surface area contributed by atoms with Gasteiger partial charge >= 0.3 is 0 Å². The zero-order valence-electron chi connectivity index (χ0n) is 21.1. The third kappa shape index (κ3) is 3.65. The molecule has 3 aliphatic heterocycles. The lowest BCUT2D eigenvalue weighted by Gasteiger charge is -2.34. The topological polar surface area (TPSA) is 89.9 Å². The van der Waals surface area contributed by atoms with Gasteiger partial charge in [-0.25, -0.2) is 9.38 Å². The number of likely N-dealkylation sites (tertiary alicyclic amines) is 1. The van der Waals surface area contributed by atoms with Crippen LogP contribution >= 0.6 is 20.6 Å². The second-order valence-corrected chi connectivity index (χ2v) is 12.0. The number of anilines is 1. The van der Waals surface area contributed by atoms with Gasteiger partial charge in [-0.15, -0.1) is 20.6 Å². The fraction of sp³-hybridized carbons (Fsp3) is 0.407. The van der Waals surface area contributed by atoms with E-state index in [0.717, 1.165) is 58.0 Å². The van der Waals surface area contributed by atoms with Crippen LogP contribution in [0.3, 0.4) is 0 Å². The van der Waals surface area contributed by atoms with E-state index in [1.165, 1.54) is 6.08 Å². The van der Waals surface area contributed by atoms with Gasteiger partial charge in [0.05, 0.1) is 23.7 Å². The van der Waals surface area contributed by atoms with Gasteiger partial charge in [0.1, 0.15) is 22.9 Å². The lowest BCUT2D eigenvalue weighted by Crippen LogP contribution is -2.44. The first-order chi connectivity index (χ1) is 17.8. The van der Waals surface area contributed by atoms with Crippen molar-refractivity contribution in [3.05, 3.63) is 62.5 Å². The summed E-state index contributed by atoms with van der Waals surface area (Å²) in [5.74, 6) is 1.83. The zero-order valence-corrected chi connectivity index (χ0v) is 23.1. The minimum atomic E-state index is -0.417. The van der Waals surface area contributed by atoms with Crippen molar-refractivity contribution in [1.29, 1.82) is 5.26 Å². The summed E-state index contributed by atoms with van der Waals surface area (Å²) >= 11 is 1.08. The van der Waals surface area contributed by atoms with E-state index in [1.54, 1.807) is 6.92 Å². The van der Waals surface area contributed by atoms with Gasteiger partial charge in [-0.05, 0) is 60.5 Å². The molecule has 3 N–H and O–H groups in total. The Hall–Kier alpha value is -2.76. The Bertz CT molecular complexity index is 1410. The lowest BCUT2D eigenvalue weighted by atomic mass is 9.80. The molecule has 4 heterocycles. The number of nitrogen functional groups attached to an aromatic ring is 1. The minimum Gasteiger partial charge on any atom is -0.389 e. The summed E-state index contributed by atoms with van der Waals surface area (Å²) in [6, 6.07) is 2.61. The van der Waals surface area contributed by atoms with Crippen molar-refractivity contribution in [3.63, 3.8) is 0 Å². The van der Waals surface area contributed by atoms with Crippen LogP contribution in [0.25, 0.3) is 11.4 Å². The molecule has 5 aliphatic rings. The molecule has 0 spiro atoms. The monoisotopic (exact) mass is 536 g/mol. The number of hydrogen-bond acceptors (Lipinski definition) is 8. The number of allylic oxidation sites excluding steroid dienone is 2.